The van der Waals surface area contributed by atoms with Crippen molar-refractivity contribution in [1.82, 2.24) is 14.9 Å². The van der Waals surface area contributed by atoms with E-state index in [0.29, 0.717) is 6.61 Å². The van der Waals surface area contributed by atoms with Crippen LogP contribution in [-0.4, -0.2) is 34.7 Å². The minimum Gasteiger partial charge on any atom is -0.371 e. The van der Waals surface area contributed by atoms with Gasteiger partial charge in [-0.15, -0.1) is 0 Å². The van der Waals surface area contributed by atoms with Crippen LogP contribution in [0.5, 0.6) is 0 Å². The molecule has 0 fully saturated rings. The van der Waals surface area contributed by atoms with Crippen molar-refractivity contribution in [1.29, 1.82) is 0 Å². The molecule has 1 aromatic carbocycles. The lowest BCUT2D eigenvalue weighted by Crippen LogP contribution is -2.42. The number of ether oxygens (including phenoxy) is 1. The van der Waals surface area contributed by atoms with Crippen LogP contribution in [0.15, 0.2) is 36.5 Å². The van der Waals surface area contributed by atoms with Gasteiger partial charge in [-0.1, -0.05) is 30.3 Å². The summed E-state index contributed by atoms with van der Waals surface area (Å²) in [4.78, 5) is 16.5. The molecule has 1 N–H and O–H groups in total. The van der Waals surface area contributed by atoms with Crippen LogP contribution in [0.3, 0.4) is 0 Å². The van der Waals surface area contributed by atoms with Crippen LogP contribution in [0, 0.1) is 6.92 Å². The van der Waals surface area contributed by atoms with Gasteiger partial charge in [0, 0.05) is 25.2 Å². The molecule has 1 amide bonds. The number of hydrogen-bond acceptors (Lipinski definition) is 3. The molecule has 1 aliphatic heterocycles. The molecule has 2 aromatic rings. The topological polar surface area (TPSA) is 56.2 Å². The Morgan fingerprint density at radius 1 is 1.39 bits per heavy atom. The van der Waals surface area contributed by atoms with Crippen LogP contribution < -0.4 is 5.32 Å². The molecular weight excluding hydrogens is 290 g/mol. The number of amides is 1. The van der Waals surface area contributed by atoms with Crippen molar-refractivity contribution in [2.45, 2.75) is 38.8 Å². The molecule has 5 heteroatoms. The van der Waals surface area contributed by atoms with E-state index in [9.17, 15) is 4.79 Å². The molecule has 0 bridgehead atoms. The van der Waals surface area contributed by atoms with E-state index < -0.39 is 0 Å². The van der Waals surface area contributed by atoms with Crippen molar-refractivity contribution >= 4 is 5.91 Å². The Morgan fingerprint density at radius 2 is 2.22 bits per heavy atom. The van der Waals surface area contributed by atoms with E-state index in [4.69, 9.17) is 4.74 Å². The zero-order chi connectivity index (χ0) is 16.1. The molecule has 2 heterocycles. The van der Waals surface area contributed by atoms with Crippen molar-refractivity contribution in [3.05, 3.63) is 53.6 Å². The Bertz CT molecular complexity index is 652. The number of nitrogens with zero attached hydrogens (tertiary/aromatic N) is 2. The van der Waals surface area contributed by atoms with E-state index in [-0.39, 0.29) is 18.6 Å². The number of benzene rings is 1. The van der Waals surface area contributed by atoms with Gasteiger partial charge in [-0.25, -0.2) is 4.98 Å². The zero-order valence-corrected chi connectivity index (χ0v) is 13.5. The average Bonchev–Trinajstić information content (AvgIpc) is 2.92. The highest BCUT2D eigenvalue weighted by Gasteiger charge is 2.21. The zero-order valence-electron chi connectivity index (χ0n) is 13.5. The van der Waals surface area contributed by atoms with Crippen LogP contribution in [0.1, 0.15) is 23.5 Å². The molecular formula is C18H23N3O2. The van der Waals surface area contributed by atoms with Crippen LogP contribution >= 0.6 is 0 Å². The predicted molar refractivity (Wildman–Crippen MR) is 88.2 cm³/mol. The summed E-state index contributed by atoms with van der Waals surface area (Å²) >= 11 is 0. The third kappa shape index (κ3) is 4.42. The smallest absolute Gasteiger partial charge is 0.246 e. The monoisotopic (exact) mass is 313 g/mol. The van der Waals surface area contributed by atoms with Gasteiger partial charge < -0.3 is 14.6 Å². The summed E-state index contributed by atoms with van der Waals surface area (Å²) in [6.45, 7) is 3.48. The number of carbonyl (C=O) groups excluding carboxylic acids is 1. The Kier molecular flexibility index (Phi) is 5.08. The first-order chi connectivity index (χ1) is 11.2. The van der Waals surface area contributed by atoms with E-state index in [1.807, 2.05) is 31.3 Å². The molecule has 122 valence electrons. The number of rotatable bonds is 6. The first kappa shape index (κ1) is 15.7. The molecule has 0 saturated heterocycles. The minimum absolute atomic E-state index is 0.0386. The number of fused-ring (bicyclic) bond motifs is 1. The number of nitrogens with one attached hydrogen (secondary N) is 1. The lowest BCUT2D eigenvalue weighted by molar-refractivity contribution is -0.126. The lowest BCUT2D eigenvalue weighted by atomic mass is 10.1. The Balaban J connectivity index is 1.37. The third-order valence-electron chi connectivity index (χ3n) is 4.09. The second-order valence-electron chi connectivity index (χ2n) is 6.04. The van der Waals surface area contributed by atoms with Crippen LogP contribution in [0.2, 0.25) is 0 Å². The summed E-state index contributed by atoms with van der Waals surface area (Å²) in [5.74, 6) is 1.08. The molecule has 1 aliphatic rings. The van der Waals surface area contributed by atoms with Crippen LogP contribution in [0.25, 0.3) is 0 Å². The molecule has 0 aliphatic carbocycles. The van der Waals surface area contributed by atoms with Crippen LogP contribution in [0.4, 0.5) is 0 Å². The molecule has 1 atom stereocenters. The summed E-state index contributed by atoms with van der Waals surface area (Å²) in [7, 11) is 0. The van der Waals surface area contributed by atoms with Gasteiger partial charge in [0.15, 0.2) is 0 Å². The van der Waals surface area contributed by atoms with Crippen LogP contribution in [-0.2, 0) is 28.9 Å². The molecule has 0 saturated carbocycles. The normalized spacial score (nSPS) is 16.8. The number of aryl methyl sites for hydroxylation is 2. The lowest BCUT2D eigenvalue weighted by Gasteiger charge is -2.24. The Hall–Kier alpha value is -2.14. The van der Waals surface area contributed by atoms with E-state index in [0.717, 1.165) is 37.3 Å². The molecule has 0 radical (unpaired) electrons. The molecule has 1 aromatic heterocycles. The molecule has 3 rings (SSSR count). The van der Waals surface area contributed by atoms with E-state index >= 15 is 0 Å². The highest BCUT2D eigenvalue weighted by Crippen LogP contribution is 2.14. The fourth-order valence-electron chi connectivity index (χ4n) is 2.97. The first-order valence-electron chi connectivity index (χ1n) is 8.14. The SMILES string of the molecule is Cc1cn2c(n1)CC[C@@H](NC(=O)COCCc1ccccc1)C2. The van der Waals surface area contributed by atoms with E-state index in [1.54, 1.807) is 0 Å². The fourth-order valence-corrected chi connectivity index (χ4v) is 2.97. The third-order valence-corrected chi connectivity index (χ3v) is 4.09. The number of aromatic nitrogens is 2. The second kappa shape index (κ2) is 7.42. The first-order valence-corrected chi connectivity index (χ1v) is 8.14. The van der Waals surface area contributed by atoms with E-state index in [2.05, 4.69) is 27.0 Å². The van der Waals surface area contributed by atoms with Crippen molar-refractivity contribution in [2.24, 2.45) is 0 Å². The summed E-state index contributed by atoms with van der Waals surface area (Å²) in [5.41, 5.74) is 2.26. The highest BCUT2D eigenvalue weighted by molar-refractivity contribution is 5.77. The van der Waals surface area contributed by atoms with Gasteiger partial charge >= 0.3 is 0 Å². The standard InChI is InChI=1S/C18H23N3O2/c1-14-11-21-12-16(7-8-17(21)19-14)20-18(22)13-23-10-9-15-5-3-2-4-6-15/h2-6,11,16H,7-10,12-13H2,1H3,(H,20,22)/t16-/m1/s1. The van der Waals surface area contributed by atoms with Gasteiger partial charge in [0.2, 0.25) is 5.91 Å². The molecule has 0 unspecified atom stereocenters. The summed E-state index contributed by atoms with van der Waals surface area (Å²) in [5, 5.41) is 3.06. The fraction of sp³-hybridized carbons (Fsp3) is 0.444. The van der Waals surface area contributed by atoms with Crippen molar-refractivity contribution in [3.63, 3.8) is 0 Å². The maximum Gasteiger partial charge on any atom is 0.246 e. The van der Waals surface area contributed by atoms with Gasteiger partial charge in [-0.3, -0.25) is 4.79 Å². The highest BCUT2D eigenvalue weighted by atomic mass is 16.5. The van der Waals surface area contributed by atoms with Gasteiger partial charge in [-0.2, -0.15) is 0 Å². The summed E-state index contributed by atoms with van der Waals surface area (Å²) in [6.07, 6.45) is 4.72. The van der Waals surface area contributed by atoms with Crippen molar-refractivity contribution < 1.29 is 9.53 Å². The van der Waals surface area contributed by atoms with E-state index in [1.165, 1.54) is 5.56 Å². The molecule has 5 nitrogen and oxygen atoms in total. The predicted octanol–water partition coefficient (Wildman–Crippen LogP) is 1.88. The Labute approximate surface area is 136 Å². The number of hydrogen-bond donors (Lipinski definition) is 1. The van der Waals surface area contributed by atoms with Gasteiger partial charge in [-0.05, 0) is 25.3 Å². The summed E-state index contributed by atoms with van der Waals surface area (Å²) in [6, 6.07) is 10.3. The maximum atomic E-state index is 12.0. The minimum atomic E-state index is -0.0386. The van der Waals surface area contributed by atoms with Gasteiger partial charge in [0.25, 0.3) is 0 Å². The Morgan fingerprint density at radius 3 is 3.04 bits per heavy atom. The van der Waals surface area contributed by atoms with Crippen molar-refractivity contribution in [3.8, 4) is 0 Å². The largest absolute Gasteiger partial charge is 0.371 e. The van der Waals surface area contributed by atoms with Crippen molar-refractivity contribution in [2.75, 3.05) is 13.2 Å². The average molecular weight is 313 g/mol. The molecule has 0 spiro atoms. The number of imidazole rings is 1. The second-order valence-corrected chi connectivity index (χ2v) is 6.04. The number of carbonyl (C=O) groups is 1. The maximum absolute atomic E-state index is 12.0. The van der Waals surface area contributed by atoms with Gasteiger partial charge in [0.1, 0.15) is 12.4 Å². The quantitative estimate of drug-likeness (QED) is 0.829. The van der Waals surface area contributed by atoms with Gasteiger partial charge in [0.05, 0.1) is 12.3 Å². The summed E-state index contributed by atoms with van der Waals surface area (Å²) < 4.78 is 7.62. The molecule has 23 heavy (non-hydrogen) atoms.